The van der Waals surface area contributed by atoms with E-state index in [0.717, 1.165) is 25.7 Å². The maximum Gasteiger partial charge on any atom is 0.407 e. The van der Waals surface area contributed by atoms with E-state index in [4.69, 9.17) is 10.6 Å². The number of carbonyl (C=O) groups excluding carboxylic acids is 2. The van der Waals surface area contributed by atoms with Crippen LogP contribution in [-0.2, 0) is 9.53 Å². The summed E-state index contributed by atoms with van der Waals surface area (Å²) >= 11 is 0. The molecular formula is C9H19N3O3. The maximum atomic E-state index is 10.9. The Morgan fingerprint density at radius 2 is 2.00 bits per heavy atom. The lowest BCUT2D eigenvalue weighted by Gasteiger charge is -2.05. The molecule has 6 nitrogen and oxygen atoms in total. The molecule has 0 fully saturated rings. The van der Waals surface area contributed by atoms with Crippen LogP contribution in [0.5, 0.6) is 0 Å². The third-order valence-corrected chi connectivity index (χ3v) is 1.79. The van der Waals surface area contributed by atoms with Crippen LogP contribution in [0.4, 0.5) is 4.79 Å². The van der Waals surface area contributed by atoms with E-state index in [9.17, 15) is 9.59 Å². The Kier molecular flexibility index (Phi) is 8.46. The van der Waals surface area contributed by atoms with Crippen molar-refractivity contribution in [2.24, 2.45) is 5.84 Å². The van der Waals surface area contributed by atoms with Crippen molar-refractivity contribution in [3.05, 3.63) is 0 Å². The van der Waals surface area contributed by atoms with Crippen LogP contribution in [0.15, 0.2) is 0 Å². The minimum Gasteiger partial charge on any atom is -0.450 e. The predicted molar refractivity (Wildman–Crippen MR) is 55.8 cm³/mol. The molecule has 6 heteroatoms. The highest BCUT2D eigenvalue weighted by atomic mass is 16.5. The molecule has 0 heterocycles. The highest BCUT2D eigenvalue weighted by Crippen LogP contribution is 1.98. The lowest BCUT2D eigenvalue weighted by atomic mass is 10.2. The van der Waals surface area contributed by atoms with E-state index in [1.54, 1.807) is 0 Å². The number of alkyl carbamates (subject to hydrolysis) is 1. The summed E-state index contributed by atoms with van der Waals surface area (Å²) in [6, 6.07) is 0. The number of hydrazine groups is 1. The summed E-state index contributed by atoms with van der Waals surface area (Å²) < 4.78 is 4.81. The Hall–Kier alpha value is -1.30. The van der Waals surface area contributed by atoms with Crippen molar-refractivity contribution in [3.8, 4) is 0 Å². The largest absolute Gasteiger partial charge is 0.450 e. The van der Waals surface area contributed by atoms with E-state index in [1.807, 2.05) is 5.43 Å². The SMILES string of the molecule is CCCCCCOC(=O)NCC(=O)NN. The Morgan fingerprint density at radius 1 is 1.27 bits per heavy atom. The monoisotopic (exact) mass is 217 g/mol. The van der Waals surface area contributed by atoms with Gasteiger partial charge in [0.2, 0.25) is 0 Å². The molecular weight excluding hydrogens is 198 g/mol. The first-order valence-corrected chi connectivity index (χ1v) is 5.10. The van der Waals surface area contributed by atoms with Gasteiger partial charge in [0.1, 0.15) is 6.54 Å². The van der Waals surface area contributed by atoms with Crippen LogP contribution in [0.2, 0.25) is 0 Å². The zero-order valence-corrected chi connectivity index (χ0v) is 9.04. The molecule has 0 aliphatic carbocycles. The normalized spacial score (nSPS) is 9.47. The van der Waals surface area contributed by atoms with Crippen molar-refractivity contribution < 1.29 is 14.3 Å². The van der Waals surface area contributed by atoms with Gasteiger partial charge in [-0.2, -0.15) is 0 Å². The first kappa shape index (κ1) is 13.7. The fourth-order valence-electron chi connectivity index (χ4n) is 0.948. The second-order valence-corrected chi connectivity index (χ2v) is 3.12. The standard InChI is InChI=1S/C9H19N3O3/c1-2-3-4-5-6-15-9(14)11-7-8(13)12-10/h2-7,10H2,1H3,(H,11,14)(H,12,13). The highest BCUT2D eigenvalue weighted by molar-refractivity contribution is 5.81. The van der Waals surface area contributed by atoms with Gasteiger partial charge in [-0.1, -0.05) is 26.2 Å². The van der Waals surface area contributed by atoms with Crippen molar-refractivity contribution in [1.82, 2.24) is 10.7 Å². The second-order valence-electron chi connectivity index (χ2n) is 3.12. The molecule has 0 rings (SSSR count). The van der Waals surface area contributed by atoms with Gasteiger partial charge in [0, 0.05) is 0 Å². The number of unbranched alkanes of at least 4 members (excludes halogenated alkanes) is 3. The van der Waals surface area contributed by atoms with E-state index in [0.29, 0.717) is 6.61 Å². The molecule has 0 atom stereocenters. The molecule has 4 N–H and O–H groups in total. The van der Waals surface area contributed by atoms with E-state index in [-0.39, 0.29) is 6.54 Å². The molecule has 0 aromatic heterocycles. The Labute approximate surface area is 89.5 Å². The lowest BCUT2D eigenvalue weighted by molar-refractivity contribution is -0.120. The molecule has 0 aromatic rings. The van der Waals surface area contributed by atoms with Crippen molar-refractivity contribution >= 4 is 12.0 Å². The fraction of sp³-hybridized carbons (Fsp3) is 0.778. The zero-order chi connectivity index (χ0) is 11.5. The molecule has 0 aliphatic heterocycles. The van der Waals surface area contributed by atoms with Crippen molar-refractivity contribution in [3.63, 3.8) is 0 Å². The average molecular weight is 217 g/mol. The van der Waals surface area contributed by atoms with E-state index < -0.39 is 12.0 Å². The summed E-state index contributed by atoms with van der Waals surface area (Å²) in [5.41, 5.74) is 1.90. The van der Waals surface area contributed by atoms with Crippen LogP contribution in [0, 0.1) is 0 Å². The van der Waals surface area contributed by atoms with Gasteiger partial charge in [-0.05, 0) is 6.42 Å². The molecule has 0 spiro atoms. The Balaban J connectivity index is 3.30. The molecule has 0 radical (unpaired) electrons. The molecule has 0 bridgehead atoms. The minimum atomic E-state index is -0.588. The summed E-state index contributed by atoms with van der Waals surface area (Å²) in [5, 5.41) is 2.27. The van der Waals surface area contributed by atoms with E-state index in [2.05, 4.69) is 12.2 Å². The lowest BCUT2D eigenvalue weighted by Crippen LogP contribution is -2.40. The van der Waals surface area contributed by atoms with Crippen LogP contribution in [-0.4, -0.2) is 25.2 Å². The van der Waals surface area contributed by atoms with E-state index in [1.165, 1.54) is 0 Å². The van der Waals surface area contributed by atoms with Crippen LogP contribution in [0.3, 0.4) is 0 Å². The molecule has 88 valence electrons. The van der Waals surface area contributed by atoms with Gasteiger partial charge in [0.25, 0.3) is 5.91 Å². The van der Waals surface area contributed by atoms with Gasteiger partial charge in [-0.3, -0.25) is 10.2 Å². The highest BCUT2D eigenvalue weighted by Gasteiger charge is 2.03. The summed E-state index contributed by atoms with van der Waals surface area (Å²) in [5.74, 6) is 4.36. The topological polar surface area (TPSA) is 93.4 Å². The summed E-state index contributed by atoms with van der Waals surface area (Å²) in [7, 11) is 0. The quantitative estimate of drug-likeness (QED) is 0.247. The summed E-state index contributed by atoms with van der Waals surface area (Å²) in [6.45, 7) is 2.33. The van der Waals surface area contributed by atoms with Crippen LogP contribution < -0.4 is 16.6 Å². The molecule has 0 aromatic carbocycles. The first-order chi connectivity index (χ1) is 7.20. The first-order valence-electron chi connectivity index (χ1n) is 5.10. The third-order valence-electron chi connectivity index (χ3n) is 1.79. The van der Waals surface area contributed by atoms with Gasteiger partial charge in [0.05, 0.1) is 6.61 Å². The van der Waals surface area contributed by atoms with Crippen molar-refractivity contribution in [2.45, 2.75) is 32.6 Å². The summed E-state index contributed by atoms with van der Waals surface area (Å²) in [4.78, 5) is 21.6. The number of hydrogen-bond donors (Lipinski definition) is 3. The molecule has 2 amide bonds. The van der Waals surface area contributed by atoms with Crippen LogP contribution in [0.25, 0.3) is 0 Å². The van der Waals surface area contributed by atoms with Crippen LogP contribution >= 0.6 is 0 Å². The Morgan fingerprint density at radius 3 is 2.60 bits per heavy atom. The molecule has 0 saturated heterocycles. The minimum absolute atomic E-state index is 0.162. The van der Waals surface area contributed by atoms with Gasteiger partial charge in [-0.15, -0.1) is 0 Å². The smallest absolute Gasteiger partial charge is 0.407 e. The van der Waals surface area contributed by atoms with Crippen molar-refractivity contribution in [2.75, 3.05) is 13.2 Å². The number of carbonyl (C=O) groups is 2. The van der Waals surface area contributed by atoms with Gasteiger partial charge in [0.15, 0.2) is 0 Å². The number of nitrogens with two attached hydrogens (primary N) is 1. The van der Waals surface area contributed by atoms with Gasteiger partial charge < -0.3 is 10.1 Å². The van der Waals surface area contributed by atoms with E-state index >= 15 is 0 Å². The summed E-state index contributed by atoms with van der Waals surface area (Å²) in [6.07, 6.45) is 3.59. The average Bonchev–Trinajstić information content (AvgIpc) is 2.25. The van der Waals surface area contributed by atoms with Gasteiger partial charge in [-0.25, -0.2) is 10.6 Å². The Bertz CT molecular complexity index is 197. The number of hydrogen-bond acceptors (Lipinski definition) is 4. The third kappa shape index (κ3) is 9.01. The number of nitrogens with one attached hydrogen (secondary N) is 2. The molecule has 0 unspecified atom stereocenters. The second kappa shape index (κ2) is 9.26. The number of amides is 2. The van der Waals surface area contributed by atoms with Crippen LogP contribution in [0.1, 0.15) is 32.6 Å². The molecule has 0 aliphatic rings. The van der Waals surface area contributed by atoms with Gasteiger partial charge >= 0.3 is 6.09 Å². The van der Waals surface area contributed by atoms with Crippen molar-refractivity contribution in [1.29, 1.82) is 0 Å². The fourth-order valence-corrected chi connectivity index (χ4v) is 0.948. The number of rotatable bonds is 7. The number of ether oxygens (including phenoxy) is 1. The predicted octanol–water partition coefficient (Wildman–Crippen LogP) is 0.283. The molecule has 15 heavy (non-hydrogen) atoms. The zero-order valence-electron chi connectivity index (χ0n) is 9.04. The maximum absolute atomic E-state index is 10.9. The molecule has 0 saturated carbocycles.